The van der Waals surface area contributed by atoms with Crippen molar-refractivity contribution in [3.05, 3.63) is 11.9 Å². The van der Waals surface area contributed by atoms with Gasteiger partial charge in [-0.3, -0.25) is 10.2 Å². The molecule has 6 nitrogen and oxygen atoms in total. The lowest BCUT2D eigenvalue weighted by Crippen LogP contribution is -2.44. The van der Waals surface area contributed by atoms with Crippen LogP contribution in [0, 0.1) is 0 Å². The zero-order chi connectivity index (χ0) is 9.14. The van der Waals surface area contributed by atoms with E-state index in [0.717, 1.165) is 5.01 Å². The molecule has 4 N–H and O–H groups in total. The van der Waals surface area contributed by atoms with Crippen LogP contribution in [-0.2, 0) is 4.79 Å². The quantitative estimate of drug-likeness (QED) is 0.441. The van der Waals surface area contributed by atoms with Gasteiger partial charge in [0.25, 0.3) is 0 Å². The third kappa shape index (κ3) is 1.88. The van der Waals surface area contributed by atoms with E-state index in [1.165, 1.54) is 13.1 Å². The van der Waals surface area contributed by atoms with Gasteiger partial charge in [0.05, 0.1) is 6.54 Å². The molecule has 0 radical (unpaired) electrons. The highest BCUT2D eigenvalue weighted by molar-refractivity contribution is 5.94. The van der Waals surface area contributed by atoms with E-state index in [2.05, 4.69) is 10.7 Å². The van der Waals surface area contributed by atoms with E-state index in [4.69, 9.17) is 5.73 Å². The summed E-state index contributed by atoms with van der Waals surface area (Å²) in [6, 6.07) is -0.614. The number of amides is 2. The van der Waals surface area contributed by atoms with Crippen LogP contribution in [0.1, 0.15) is 0 Å². The predicted octanol–water partition coefficient (Wildman–Crippen LogP) is -1.48. The summed E-state index contributed by atoms with van der Waals surface area (Å²) >= 11 is 0. The number of hydrogen-bond donors (Lipinski definition) is 3. The summed E-state index contributed by atoms with van der Waals surface area (Å²) in [5.41, 5.74) is 7.53. The summed E-state index contributed by atoms with van der Waals surface area (Å²) in [6.45, 7) is 0.259. The highest BCUT2D eigenvalue weighted by Gasteiger charge is 2.12. The fourth-order valence-corrected chi connectivity index (χ4v) is 0.753. The molecule has 0 aromatic carbocycles. The molecular weight excluding hydrogens is 160 g/mol. The summed E-state index contributed by atoms with van der Waals surface area (Å²) in [4.78, 5) is 21.2. The molecule has 0 saturated heterocycles. The Labute approximate surface area is 69.4 Å². The Kier molecular flexibility index (Phi) is 2.18. The molecule has 0 aromatic heterocycles. The first-order valence-corrected chi connectivity index (χ1v) is 3.38. The van der Waals surface area contributed by atoms with Crippen molar-refractivity contribution >= 4 is 11.8 Å². The summed E-state index contributed by atoms with van der Waals surface area (Å²) in [7, 11) is 1.47. The Morgan fingerprint density at radius 3 is 2.92 bits per heavy atom. The topological polar surface area (TPSA) is 87.5 Å². The Morgan fingerprint density at radius 2 is 2.50 bits per heavy atom. The van der Waals surface area contributed by atoms with Gasteiger partial charge >= 0.3 is 6.03 Å². The number of ketones is 1. The van der Waals surface area contributed by atoms with Crippen LogP contribution in [0.5, 0.6) is 0 Å². The van der Waals surface area contributed by atoms with E-state index in [1.54, 1.807) is 0 Å². The lowest BCUT2D eigenvalue weighted by atomic mass is 10.4. The number of nitrogens with two attached hydrogens (primary N) is 1. The van der Waals surface area contributed by atoms with Crippen LogP contribution < -0.4 is 16.5 Å². The third-order valence-corrected chi connectivity index (χ3v) is 1.38. The molecule has 2 amide bonds. The first-order chi connectivity index (χ1) is 5.59. The van der Waals surface area contributed by atoms with E-state index in [0.29, 0.717) is 5.82 Å². The minimum absolute atomic E-state index is 0.0321. The molecule has 0 fully saturated rings. The number of hydrogen-bond acceptors (Lipinski definition) is 4. The lowest BCUT2D eigenvalue weighted by molar-refractivity contribution is -0.113. The van der Waals surface area contributed by atoms with Gasteiger partial charge in [-0.2, -0.15) is 0 Å². The molecule has 6 heteroatoms. The first-order valence-electron chi connectivity index (χ1n) is 3.38. The number of urea groups is 1. The van der Waals surface area contributed by atoms with E-state index >= 15 is 0 Å². The summed E-state index contributed by atoms with van der Waals surface area (Å²) in [5.74, 6) is 0.455. The number of rotatable bonds is 2. The van der Waals surface area contributed by atoms with Crippen LogP contribution >= 0.6 is 0 Å². The second-order valence-corrected chi connectivity index (χ2v) is 2.39. The third-order valence-electron chi connectivity index (χ3n) is 1.38. The summed E-state index contributed by atoms with van der Waals surface area (Å²) < 4.78 is 0. The maximum absolute atomic E-state index is 10.7. The molecule has 0 spiro atoms. The van der Waals surface area contributed by atoms with Crippen LogP contribution in [0.3, 0.4) is 0 Å². The molecule has 66 valence electrons. The lowest BCUT2D eigenvalue weighted by Gasteiger charge is -2.17. The van der Waals surface area contributed by atoms with Crippen LogP contribution in [-0.4, -0.2) is 30.4 Å². The predicted molar refractivity (Wildman–Crippen MR) is 41.6 cm³/mol. The van der Waals surface area contributed by atoms with Crippen molar-refractivity contribution in [1.29, 1.82) is 0 Å². The van der Waals surface area contributed by atoms with Crippen molar-refractivity contribution in [2.24, 2.45) is 5.73 Å². The normalized spacial score (nSPS) is 15.1. The van der Waals surface area contributed by atoms with Gasteiger partial charge in [0.2, 0.25) is 0 Å². The van der Waals surface area contributed by atoms with E-state index < -0.39 is 6.03 Å². The van der Waals surface area contributed by atoms with Crippen molar-refractivity contribution in [1.82, 2.24) is 15.8 Å². The van der Waals surface area contributed by atoms with Crippen molar-refractivity contribution in [3.63, 3.8) is 0 Å². The smallest absolute Gasteiger partial charge is 0.333 e. The fraction of sp³-hybridized carbons (Fsp3) is 0.333. The van der Waals surface area contributed by atoms with Gasteiger partial charge in [-0.1, -0.05) is 0 Å². The molecule has 0 atom stereocenters. The molecule has 1 heterocycles. The Hall–Kier alpha value is -1.72. The van der Waals surface area contributed by atoms with E-state index in [9.17, 15) is 9.59 Å². The molecule has 0 aliphatic carbocycles. The van der Waals surface area contributed by atoms with Gasteiger partial charge in [0, 0.05) is 13.1 Å². The SMILES string of the molecule is CN(NC1=CC(=O)CN1)C(N)=O. The minimum Gasteiger partial charge on any atom is -0.363 e. The van der Waals surface area contributed by atoms with Gasteiger partial charge in [-0.15, -0.1) is 0 Å². The average molecular weight is 170 g/mol. The number of nitrogens with one attached hydrogen (secondary N) is 2. The number of nitrogens with zero attached hydrogens (tertiary/aromatic N) is 1. The zero-order valence-corrected chi connectivity index (χ0v) is 6.63. The summed E-state index contributed by atoms with van der Waals surface area (Å²) in [5, 5.41) is 3.82. The second kappa shape index (κ2) is 3.12. The van der Waals surface area contributed by atoms with Crippen molar-refractivity contribution in [3.8, 4) is 0 Å². The number of hydrazine groups is 1. The number of primary amides is 1. The van der Waals surface area contributed by atoms with Crippen molar-refractivity contribution in [2.45, 2.75) is 0 Å². The molecule has 0 bridgehead atoms. The van der Waals surface area contributed by atoms with Crippen LogP contribution in [0.2, 0.25) is 0 Å². The second-order valence-electron chi connectivity index (χ2n) is 2.39. The molecule has 1 aliphatic heterocycles. The van der Waals surface area contributed by atoms with E-state index in [-0.39, 0.29) is 12.3 Å². The highest BCUT2D eigenvalue weighted by Crippen LogP contribution is 1.93. The van der Waals surface area contributed by atoms with Crippen LogP contribution in [0.15, 0.2) is 11.9 Å². The Morgan fingerprint density at radius 1 is 1.83 bits per heavy atom. The molecule has 0 aromatic rings. The summed E-state index contributed by atoms with van der Waals surface area (Å²) in [6.07, 6.45) is 1.37. The largest absolute Gasteiger partial charge is 0.363 e. The fourth-order valence-electron chi connectivity index (χ4n) is 0.753. The number of carbonyl (C=O) groups excluding carboxylic acids is 2. The molecule has 0 unspecified atom stereocenters. The minimum atomic E-state index is -0.614. The van der Waals surface area contributed by atoms with Gasteiger partial charge in [-0.05, 0) is 0 Å². The van der Waals surface area contributed by atoms with E-state index in [1.807, 2.05) is 0 Å². The Balaban J connectivity index is 2.47. The monoisotopic (exact) mass is 170 g/mol. The average Bonchev–Trinajstić information content (AvgIpc) is 2.35. The van der Waals surface area contributed by atoms with Crippen molar-refractivity contribution < 1.29 is 9.59 Å². The molecule has 12 heavy (non-hydrogen) atoms. The maximum Gasteiger partial charge on any atom is 0.333 e. The maximum atomic E-state index is 10.7. The van der Waals surface area contributed by atoms with Crippen LogP contribution in [0.25, 0.3) is 0 Å². The van der Waals surface area contributed by atoms with Crippen molar-refractivity contribution in [2.75, 3.05) is 13.6 Å². The molecular formula is C6H10N4O2. The standard InChI is InChI=1S/C6H10N4O2/c1-10(6(7)12)9-5-2-4(11)3-8-5/h2,8-9H,3H2,1H3,(H2,7,12). The van der Waals surface area contributed by atoms with Gasteiger partial charge < -0.3 is 11.1 Å². The Bertz CT molecular complexity index is 248. The highest BCUT2D eigenvalue weighted by atomic mass is 16.2. The van der Waals surface area contributed by atoms with Gasteiger partial charge in [0.15, 0.2) is 5.78 Å². The molecule has 1 rings (SSSR count). The number of carbonyl (C=O) groups is 2. The van der Waals surface area contributed by atoms with Crippen LogP contribution in [0.4, 0.5) is 4.79 Å². The molecule has 1 aliphatic rings. The zero-order valence-electron chi connectivity index (χ0n) is 6.63. The first kappa shape index (κ1) is 8.38. The van der Waals surface area contributed by atoms with Gasteiger partial charge in [-0.25, -0.2) is 9.80 Å². The molecule has 0 saturated carbocycles. The van der Waals surface area contributed by atoms with Gasteiger partial charge in [0.1, 0.15) is 5.82 Å².